The Balaban J connectivity index is 1.36. The lowest BCUT2D eigenvalue weighted by molar-refractivity contribution is -0.148. The van der Waals surface area contributed by atoms with E-state index in [9.17, 15) is 53.1 Å². The molecule has 0 radical (unpaired) electrons. The Morgan fingerprint density at radius 2 is 1.37 bits per heavy atom. The van der Waals surface area contributed by atoms with Gasteiger partial charge < -0.3 is 88.3 Å². The van der Waals surface area contributed by atoms with Crippen LogP contribution in [0, 0.1) is 29.6 Å². The SMILES string of the molecule is CCC(C)C(C(CC(=O)N1CCCC1C(OC)C(C)C(=O)NC(C)C(O)c1ccccc1)OC)N(C)C(=O)C(NC(=O)C(C(C)C)N(C)C(=O)OCc1ccc(NC(=O)C(CCCNC(N)=O)NC(=O)C(NC(=O)CCC(C)(C)OCCC(C)(C)NC(=O)c2ccc(N)c(N)c2)C(C)C)cc1)C(C)C. The molecular weight excluding hydrogens is 1330 g/mol. The standard InChI is InChI=1S/C76H121N13O15/c1-19-47(8)64(58(101-17)42-60(91)89-39-24-28-57(89)66(102-18)48(9)67(93)81-49(10)65(92)51-25-21-20-22-26-51)87(15)72(98)62(45(4)5)85-71(97)63(46(6)7)88(16)74(100)103-43-50-29-32-53(33-30-50)82-69(95)56(27-23-38-80-73(79)99)83-70(96)61(44(2)3)84-59(90)35-36-76(13,14)104-40-37-75(11,12)86-68(94)52-31-34-54(77)55(78)41-52/h20-22,25-26,29-34,41,44-49,56-58,61-66,92H,19,23-24,27-28,35-40,42-43,77-78H2,1-18H3,(H,81,93)(H,82,95)(H,83,96)(H,84,90)(H,85,97)(H,86,94)(H3,79,80,99). The number of amides is 11. The van der Waals surface area contributed by atoms with Crippen molar-refractivity contribution >= 4 is 76.4 Å². The van der Waals surface area contributed by atoms with Gasteiger partial charge in [0.05, 0.1) is 65.8 Å². The summed E-state index contributed by atoms with van der Waals surface area (Å²) in [6, 6.07) is 13.4. The maximum Gasteiger partial charge on any atom is 0.410 e. The van der Waals surface area contributed by atoms with E-state index >= 15 is 0 Å². The van der Waals surface area contributed by atoms with Gasteiger partial charge in [0, 0.05) is 71.2 Å². The van der Waals surface area contributed by atoms with Crippen LogP contribution in [-0.4, -0.2) is 193 Å². The lowest BCUT2D eigenvalue weighted by Crippen LogP contribution is -2.60. The zero-order chi connectivity index (χ0) is 78.1. The number of hydrogen-bond acceptors (Lipinski definition) is 17. The number of carbonyl (C=O) groups is 10. The van der Waals surface area contributed by atoms with E-state index in [1.807, 2.05) is 59.7 Å². The molecule has 28 heteroatoms. The number of nitrogen functional groups attached to an aromatic ring is 2. The predicted molar refractivity (Wildman–Crippen MR) is 400 cm³/mol. The number of likely N-dealkylation sites (tertiary alicyclic amines) is 1. The van der Waals surface area contributed by atoms with E-state index in [4.69, 9.17) is 36.1 Å². The highest BCUT2D eigenvalue weighted by Gasteiger charge is 2.44. The van der Waals surface area contributed by atoms with E-state index in [1.54, 1.807) is 121 Å². The molecular formula is C76H121N13O15. The molecule has 1 heterocycles. The minimum atomic E-state index is -1.13. The van der Waals surface area contributed by atoms with Crippen molar-refractivity contribution in [3.63, 3.8) is 0 Å². The summed E-state index contributed by atoms with van der Waals surface area (Å²) in [7, 11) is 6.08. The molecule has 14 N–H and O–H groups in total. The van der Waals surface area contributed by atoms with E-state index in [0.29, 0.717) is 72.4 Å². The number of anilines is 3. The highest BCUT2D eigenvalue weighted by atomic mass is 16.6. The third-order valence-electron chi connectivity index (χ3n) is 19.5. The minimum Gasteiger partial charge on any atom is -0.445 e. The average molecular weight is 1460 g/mol. The summed E-state index contributed by atoms with van der Waals surface area (Å²) in [4.78, 5) is 142. The molecule has 4 rings (SSSR count). The molecule has 1 saturated heterocycles. The first kappa shape index (κ1) is 87.8. The summed E-state index contributed by atoms with van der Waals surface area (Å²) in [5.74, 6) is -5.67. The number of aliphatic hydroxyl groups excluding tert-OH is 1. The number of aliphatic hydroxyl groups is 1. The number of methoxy groups -OCH3 is 2. The molecule has 3 aromatic carbocycles. The molecule has 104 heavy (non-hydrogen) atoms. The Bertz CT molecular complexity index is 3320. The molecule has 0 saturated carbocycles. The first-order valence-electron chi connectivity index (χ1n) is 36.3. The normalized spacial score (nSPS) is 16.4. The lowest BCUT2D eigenvalue weighted by Gasteiger charge is -2.41. The van der Waals surface area contributed by atoms with E-state index in [1.165, 1.54) is 32.2 Å². The molecule has 3 aromatic rings. The van der Waals surface area contributed by atoms with Crippen LogP contribution in [0.1, 0.15) is 182 Å². The highest BCUT2D eigenvalue weighted by Crippen LogP contribution is 2.31. The van der Waals surface area contributed by atoms with Crippen LogP contribution >= 0.6 is 0 Å². The zero-order valence-corrected chi connectivity index (χ0v) is 64.5. The van der Waals surface area contributed by atoms with Crippen LogP contribution in [-0.2, 0) is 59.1 Å². The topological polar surface area (TPSA) is 400 Å². The van der Waals surface area contributed by atoms with Gasteiger partial charge in [-0.1, -0.05) is 111 Å². The van der Waals surface area contributed by atoms with Crippen molar-refractivity contribution < 1.29 is 72.0 Å². The monoisotopic (exact) mass is 1460 g/mol. The maximum atomic E-state index is 14.9. The first-order chi connectivity index (χ1) is 48.8. The summed E-state index contributed by atoms with van der Waals surface area (Å²) >= 11 is 0. The first-order valence-corrected chi connectivity index (χ1v) is 36.3. The molecule has 12 atom stereocenters. The van der Waals surface area contributed by atoms with Gasteiger partial charge in [-0.25, -0.2) is 9.59 Å². The molecule has 0 aliphatic carbocycles. The largest absolute Gasteiger partial charge is 0.445 e. The number of nitrogens with one attached hydrogen (secondary N) is 7. The Labute approximate surface area is 615 Å². The molecule has 0 aromatic heterocycles. The van der Waals surface area contributed by atoms with Crippen LogP contribution in [0.25, 0.3) is 0 Å². The molecule has 580 valence electrons. The molecule has 1 fully saturated rings. The molecule has 11 amide bonds. The van der Waals surface area contributed by atoms with Gasteiger partial charge >= 0.3 is 12.1 Å². The van der Waals surface area contributed by atoms with E-state index in [-0.39, 0.29) is 69.1 Å². The number of likely N-dealkylation sites (N-methyl/N-ethyl adjacent to an activating group) is 2. The van der Waals surface area contributed by atoms with Gasteiger partial charge in [0.25, 0.3) is 5.91 Å². The molecule has 0 spiro atoms. The Morgan fingerprint density at radius 1 is 0.721 bits per heavy atom. The van der Waals surface area contributed by atoms with Crippen molar-refractivity contribution in [2.75, 3.05) is 64.8 Å². The molecule has 1 aliphatic heterocycles. The van der Waals surface area contributed by atoms with Gasteiger partial charge in [-0.05, 0) is 138 Å². The van der Waals surface area contributed by atoms with E-state index in [2.05, 4.69) is 37.2 Å². The second-order valence-corrected chi connectivity index (χ2v) is 29.8. The van der Waals surface area contributed by atoms with Crippen LogP contribution in [0.2, 0.25) is 0 Å². The van der Waals surface area contributed by atoms with Gasteiger partial charge in [0.1, 0.15) is 30.8 Å². The van der Waals surface area contributed by atoms with Crippen molar-refractivity contribution in [2.24, 2.45) is 35.3 Å². The number of nitrogens with zero attached hydrogens (tertiary/aromatic N) is 3. The van der Waals surface area contributed by atoms with Crippen molar-refractivity contribution in [2.45, 2.75) is 233 Å². The Kier molecular flexibility index (Phi) is 34.8. The number of primary amides is 1. The van der Waals surface area contributed by atoms with Gasteiger partial charge in [-0.3, -0.25) is 43.3 Å². The van der Waals surface area contributed by atoms with Crippen LogP contribution < -0.4 is 54.4 Å². The van der Waals surface area contributed by atoms with Gasteiger partial charge in [0.15, 0.2) is 0 Å². The van der Waals surface area contributed by atoms with Crippen LogP contribution in [0.15, 0.2) is 72.8 Å². The number of benzene rings is 3. The van der Waals surface area contributed by atoms with Gasteiger partial charge in [-0.2, -0.15) is 0 Å². The molecule has 0 bridgehead atoms. The second-order valence-electron chi connectivity index (χ2n) is 29.8. The number of urea groups is 1. The van der Waals surface area contributed by atoms with Crippen molar-refractivity contribution in [1.82, 2.24) is 46.6 Å². The van der Waals surface area contributed by atoms with Gasteiger partial charge in [-0.15, -0.1) is 0 Å². The maximum absolute atomic E-state index is 14.9. The average Bonchev–Trinajstić information content (AvgIpc) is 1.21. The van der Waals surface area contributed by atoms with Crippen molar-refractivity contribution in [3.8, 4) is 0 Å². The minimum absolute atomic E-state index is 0.00806. The number of hydrogen-bond donors (Lipinski definition) is 11. The lowest BCUT2D eigenvalue weighted by atomic mass is 9.89. The second kappa shape index (κ2) is 41.2. The number of ether oxygens (including phenoxy) is 4. The van der Waals surface area contributed by atoms with Crippen molar-refractivity contribution in [1.29, 1.82) is 0 Å². The molecule has 28 nitrogen and oxygen atoms in total. The van der Waals surface area contributed by atoms with Crippen molar-refractivity contribution in [3.05, 3.63) is 89.5 Å². The summed E-state index contributed by atoms with van der Waals surface area (Å²) < 4.78 is 24.0. The van der Waals surface area contributed by atoms with Crippen LogP contribution in [0.3, 0.4) is 0 Å². The fraction of sp³-hybridized carbons (Fsp3) is 0.632. The van der Waals surface area contributed by atoms with E-state index < -0.39 is 137 Å². The predicted octanol–water partition coefficient (Wildman–Crippen LogP) is 6.93. The van der Waals surface area contributed by atoms with E-state index in [0.717, 1.165) is 0 Å². The highest BCUT2D eigenvalue weighted by molar-refractivity contribution is 5.99. The Morgan fingerprint density at radius 3 is 1.94 bits per heavy atom. The smallest absolute Gasteiger partial charge is 0.410 e. The number of rotatable bonds is 41. The fourth-order valence-electron chi connectivity index (χ4n) is 12.9. The third-order valence-corrected chi connectivity index (χ3v) is 19.5. The number of carbonyl (C=O) groups excluding carboxylic acids is 10. The summed E-state index contributed by atoms with van der Waals surface area (Å²) in [6.07, 6.45) is -0.368. The van der Waals surface area contributed by atoms with Crippen LogP contribution in [0.5, 0.6) is 0 Å². The quantitative estimate of drug-likeness (QED) is 0.0202. The third kappa shape index (κ3) is 26.5. The Hall–Kier alpha value is -8.60. The van der Waals surface area contributed by atoms with Crippen LogP contribution in [0.4, 0.5) is 26.7 Å². The summed E-state index contributed by atoms with van der Waals surface area (Å²) in [5, 5.41) is 30.8. The van der Waals surface area contributed by atoms with Gasteiger partial charge in [0.2, 0.25) is 41.4 Å². The summed E-state index contributed by atoms with van der Waals surface area (Å²) in [5.41, 5.74) is 18.1. The number of nitrogens with two attached hydrogens (primary N) is 3. The molecule has 1 aliphatic rings. The fourth-order valence-corrected chi connectivity index (χ4v) is 12.9. The summed E-state index contributed by atoms with van der Waals surface area (Å²) in [6.45, 7) is 26.1. The molecule has 12 unspecified atom stereocenters. The zero-order valence-electron chi connectivity index (χ0n) is 64.5.